The molecule has 0 atom stereocenters. The first-order chi connectivity index (χ1) is 11.2. The van der Waals surface area contributed by atoms with Gasteiger partial charge >= 0.3 is 0 Å². The van der Waals surface area contributed by atoms with Crippen molar-refractivity contribution < 1.29 is 9.53 Å². The Kier molecular flexibility index (Phi) is 7.48. The smallest absolute Gasteiger partial charge is 0.241 e. The van der Waals surface area contributed by atoms with E-state index in [9.17, 15) is 4.79 Å². The van der Waals surface area contributed by atoms with Crippen LogP contribution in [0.3, 0.4) is 0 Å². The van der Waals surface area contributed by atoms with Crippen LogP contribution >= 0.6 is 0 Å². The predicted molar refractivity (Wildman–Crippen MR) is 96.1 cm³/mol. The molecule has 0 aliphatic rings. The van der Waals surface area contributed by atoms with Gasteiger partial charge in [-0.25, -0.2) is 9.98 Å². The van der Waals surface area contributed by atoms with Crippen LogP contribution in [-0.2, 0) is 11.3 Å². The number of pyridine rings is 1. The first-order valence-electron chi connectivity index (χ1n) is 8.07. The second kappa shape index (κ2) is 9.10. The number of hydrogen-bond acceptors (Lipinski definition) is 4. The second-order valence-corrected chi connectivity index (χ2v) is 6.56. The van der Waals surface area contributed by atoms with Crippen molar-refractivity contribution in [3.63, 3.8) is 0 Å². The molecule has 1 heterocycles. The van der Waals surface area contributed by atoms with Gasteiger partial charge in [0.05, 0.1) is 13.1 Å². The first-order valence-corrected chi connectivity index (χ1v) is 8.07. The molecular formula is C17H29N5O2. The molecule has 2 N–H and O–H groups in total. The van der Waals surface area contributed by atoms with Crippen molar-refractivity contribution in [2.75, 3.05) is 27.2 Å². The Balaban J connectivity index is 2.63. The molecule has 0 unspecified atom stereocenters. The minimum Gasteiger partial charge on any atom is -0.472 e. The van der Waals surface area contributed by atoms with Crippen molar-refractivity contribution in [3.8, 4) is 5.88 Å². The topological polar surface area (TPSA) is 78.9 Å². The Morgan fingerprint density at radius 2 is 2.00 bits per heavy atom. The highest BCUT2D eigenvalue weighted by atomic mass is 16.5. The summed E-state index contributed by atoms with van der Waals surface area (Å²) in [5.41, 5.74) is 0.695. The average molecular weight is 335 g/mol. The lowest BCUT2D eigenvalue weighted by Crippen LogP contribution is -2.42. The summed E-state index contributed by atoms with van der Waals surface area (Å²) in [7, 11) is 3.45. The molecule has 0 saturated heterocycles. The molecule has 0 aromatic carbocycles. The molecular weight excluding hydrogens is 306 g/mol. The van der Waals surface area contributed by atoms with Gasteiger partial charge in [-0.2, -0.15) is 0 Å². The molecule has 0 fully saturated rings. The molecule has 7 heteroatoms. The maximum atomic E-state index is 11.6. The Labute approximate surface area is 144 Å². The summed E-state index contributed by atoms with van der Waals surface area (Å²) in [4.78, 5) is 21.9. The molecule has 7 nitrogen and oxygen atoms in total. The summed E-state index contributed by atoms with van der Waals surface area (Å²) in [5.74, 6) is 1.19. The van der Waals surface area contributed by atoms with Crippen LogP contribution in [0, 0.1) is 0 Å². The fourth-order valence-electron chi connectivity index (χ4n) is 1.71. The number of carbonyl (C=O) groups excluding carboxylic acids is 1. The Morgan fingerprint density at radius 1 is 1.29 bits per heavy atom. The summed E-state index contributed by atoms with van der Waals surface area (Å²) in [5, 5.41) is 6.13. The van der Waals surface area contributed by atoms with E-state index in [-0.39, 0.29) is 18.1 Å². The van der Waals surface area contributed by atoms with E-state index < -0.39 is 0 Å². The van der Waals surface area contributed by atoms with Gasteiger partial charge in [0, 0.05) is 32.9 Å². The highest BCUT2D eigenvalue weighted by Crippen LogP contribution is 2.15. The number of guanidine groups is 1. The van der Waals surface area contributed by atoms with Crippen LogP contribution in [0.1, 0.15) is 33.3 Å². The van der Waals surface area contributed by atoms with Gasteiger partial charge in [-0.05, 0) is 33.3 Å². The monoisotopic (exact) mass is 335 g/mol. The number of aromatic nitrogens is 1. The zero-order chi connectivity index (χ0) is 18.2. The number of likely N-dealkylation sites (N-methyl/N-ethyl adjacent to an activating group) is 1. The number of hydrogen-bond donors (Lipinski definition) is 2. The summed E-state index contributed by atoms with van der Waals surface area (Å²) in [6.07, 6.45) is 1.75. The molecule has 1 aromatic rings. The van der Waals surface area contributed by atoms with Crippen LogP contribution in [-0.4, -0.2) is 54.5 Å². The molecule has 0 aliphatic heterocycles. The molecule has 1 aromatic heterocycles. The Morgan fingerprint density at radius 3 is 2.50 bits per heavy atom. The van der Waals surface area contributed by atoms with E-state index in [1.165, 1.54) is 4.90 Å². The van der Waals surface area contributed by atoms with E-state index in [1.807, 2.05) is 39.8 Å². The normalized spacial score (nSPS) is 11.8. The summed E-state index contributed by atoms with van der Waals surface area (Å²) >= 11 is 0. The van der Waals surface area contributed by atoms with E-state index >= 15 is 0 Å². The summed E-state index contributed by atoms with van der Waals surface area (Å²) < 4.78 is 5.69. The van der Waals surface area contributed by atoms with Crippen LogP contribution in [0.4, 0.5) is 0 Å². The van der Waals surface area contributed by atoms with Gasteiger partial charge in [-0.3, -0.25) is 4.79 Å². The maximum Gasteiger partial charge on any atom is 0.241 e. The van der Waals surface area contributed by atoms with Crippen molar-refractivity contribution in [2.24, 2.45) is 4.99 Å². The van der Waals surface area contributed by atoms with Crippen molar-refractivity contribution in [1.82, 2.24) is 20.5 Å². The first kappa shape index (κ1) is 19.7. The lowest BCUT2D eigenvalue weighted by Gasteiger charge is -2.20. The number of rotatable bonds is 6. The molecule has 0 aliphatic carbocycles. The van der Waals surface area contributed by atoms with Gasteiger partial charge in [-0.1, -0.05) is 6.07 Å². The van der Waals surface area contributed by atoms with Crippen LogP contribution in [0.2, 0.25) is 0 Å². The molecule has 0 saturated carbocycles. The Bertz CT molecular complexity index is 547. The van der Waals surface area contributed by atoms with E-state index in [2.05, 4.69) is 20.6 Å². The number of aliphatic imine (C=N–C) groups is 1. The summed E-state index contributed by atoms with van der Waals surface area (Å²) in [6.45, 7) is 9.32. The minimum atomic E-state index is -0.270. The number of amides is 1. The fraction of sp³-hybridized carbons (Fsp3) is 0.588. The third-order valence-electron chi connectivity index (χ3n) is 2.88. The van der Waals surface area contributed by atoms with Crippen LogP contribution < -0.4 is 15.4 Å². The SMILES string of the molecule is CCNC(=NCc1ccc(OC(C)(C)C)nc1)NCC(=O)N(C)C. The number of ether oxygens (including phenoxy) is 1. The van der Waals surface area contributed by atoms with E-state index in [0.29, 0.717) is 18.4 Å². The molecule has 0 spiro atoms. The van der Waals surface area contributed by atoms with E-state index in [0.717, 1.165) is 12.1 Å². The lowest BCUT2D eigenvalue weighted by atomic mass is 10.2. The zero-order valence-electron chi connectivity index (χ0n) is 15.5. The maximum absolute atomic E-state index is 11.6. The zero-order valence-corrected chi connectivity index (χ0v) is 15.5. The van der Waals surface area contributed by atoms with Crippen LogP contribution in [0.15, 0.2) is 23.3 Å². The number of carbonyl (C=O) groups is 1. The average Bonchev–Trinajstić information content (AvgIpc) is 2.49. The van der Waals surface area contributed by atoms with Crippen molar-refractivity contribution in [3.05, 3.63) is 23.9 Å². The van der Waals surface area contributed by atoms with Gasteiger partial charge in [-0.15, -0.1) is 0 Å². The molecule has 0 bridgehead atoms. The number of nitrogens with zero attached hydrogens (tertiary/aromatic N) is 3. The lowest BCUT2D eigenvalue weighted by molar-refractivity contribution is -0.127. The molecule has 1 rings (SSSR count). The molecule has 0 radical (unpaired) electrons. The van der Waals surface area contributed by atoms with Gasteiger partial charge in [0.1, 0.15) is 5.60 Å². The molecule has 134 valence electrons. The largest absolute Gasteiger partial charge is 0.472 e. The van der Waals surface area contributed by atoms with Gasteiger partial charge < -0.3 is 20.3 Å². The highest BCUT2D eigenvalue weighted by molar-refractivity contribution is 5.86. The van der Waals surface area contributed by atoms with Crippen molar-refractivity contribution >= 4 is 11.9 Å². The van der Waals surface area contributed by atoms with Crippen LogP contribution in [0.25, 0.3) is 0 Å². The van der Waals surface area contributed by atoms with E-state index in [4.69, 9.17) is 4.74 Å². The number of nitrogens with one attached hydrogen (secondary N) is 2. The van der Waals surface area contributed by atoms with Gasteiger partial charge in [0.25, 0.3) is 0 Å². The quantitative estimate of drug-likeness (QED) is 0.607. The fourth-order valence-corrected chi connectivity index (χ4v) is 1.71. The third-order valence-corrected chi connectivity index (χ3v) is 2.88. The van der Waals surface area contributed by atoms with Gasteiger partial charge in [0.2, 0.25) is 11.8 Å². The highest BCUT2D eigenvalue weighted by Gasteiger charge is 2.12. The van der Waals surface area contributed by atoms with Crippen molar-refractivity contribution in [2.45, 2.75) is 39.8 Å². The van der Waals surface area contributed by atoms with E-state index in [1.54, 1.807) is 20.3 Å². The third kappa shape index (κ3) is 7.80. The van der Waals surface area contributed by atoms with Crippen molar-refractivity contribution in [1.29, 1.82) is 0 Å². The standard InChI is InChI=1S/C17H29N5O2/c1-7-18-16(21-12-15(23)22(5)6)20-11-13-8-9-14(19-10-13)24-17(2,3)4/h8-10H,7,11-12H2,1-6H3,(H2,18,20,21). The Hall–Kier alpha value is -2.31. The minimum absolute atomic E-state index is 0.00838. The summed E-state index contributed by atoms with van der Waals surface area (Å²) in [6, 6.07) is 3.78. The van der Waals surface area contributed by atoms with Crippen LogP contribution in [0.5, 0.6) is 5.88 Å². The van der Waals surface area contributed by atoms with Gasteiger partial charge in [0.15, 0.2) is 5.96 Å². The second-order valence-electron chi connectivity index (χ2n) is 6.56. The molecule has 24 heavy (non-hydrogen) atoms. The predicted octanol–water partition coefficient (Wildman–Crippen LogP) is 1.40. The molecule has 1 amide bonds.